The number of carbonyl (C=O) groups excluding carboxylic acids is 4. The van der Waals surface area contributed by atoms with Gasteiger partial charge in [-0.05, 0) is 201 Å². The number of ether oxygens (including phenoxy) is 12. The van der Waals surface area contributed by atoms with E-state index in [0.29, 0.717) is 97.9 Å². The maximum Gasteiger partial charge on any atom is 0.340 e. The molecule has 0 aromatic carbocycles. The van der Waals surface area contributed by atoms with E-state index in [0.717, 1.165) is 185 Å². The van der Waals surface area contributed by atoms with Crippen molar-refractivity contribution in [1.29, 1.82) is 0 Å². The number of esters is 4. The minimum Gasteiger partial charge on any atom is -0.474 e. The maximum absolute atomic E-state index is 12.2. The lowest BCUT2D eigenvalue weighted by atomic mass is 9.91. The Kier molecular flexibility index (Phi) is 27.3. The van der Waals surface area contributed by atoms with Gasteiger partial charge in [-0.15, -0.1) is 0 Å². The fourth-order valence-electron chi connectivity index (χ4n) is 17.6. The third-order valence-electron chi connectivity index (χ3n) is 26.6. The summed E-state index contributed by atoms with van der Waals surface area (Å²) in [6.07, 6.45) is 24.9. The number of nitrogens with zero attached hydrogens (tertiary/aromatic N) is 12. The Morgan fingerprint density at radius 3 is 0.669 bits per heavy atom. The number of fused-ring (bicyclic) bond motifs is 8. The van der Waals surface area contributed by atoms with Gasteiger partial charge in [0.15, 0.2) is 0 Å². The number of rotatable bonds is 28. The molecule has 712 valence electrons. The van der Waals surface area contributed by atoms with Gasteiger partial charge in [0.25, 0.3) is 0 Å². The van der Waals surface area contributed by atoms with Gasteiger partial charge in [-0.1, -0.05) is 27.7 Å². The first-order valence-corrected chi connectivity index (χ1v) is 46.8. The zero-order valence-corrected chi connectivity index (χ0v) is 80.0. The highest BCUT2D eigenvalue weighted by atomic mass is 16.6. The molecule has 12 atom stereocenters. The van der Waals surface area contributed by atoms with Gasteiger partial charge in [-0.25, -0.2) is 39.1 Å². The largest absolute Gasteiger partial charge is 0.474 e. The van der Waals surface area contributed by atoms with E-state index in [-0.39, 0.29) is 96.4 Å². The van der Waals surface area contributed by atoms with Crippen molar-refractivity contribution in [3.05, 3.63) is 235 Å². The summed E-state index contributed by atoms with van der Waals surface area (Å²) in [4.78, 5) is 105. The average molecular weight is 1850 g/mol. The Bertz CT molecular complexity index is 5800. The topological polar surface area (TPSA) is 438 Å². The van der Waals surface area contributed by atoms with Crippen LogP contribution in [0.15, 0.2) is 122 Å². The summed E-state index contributed by atoms with van der Waals surface area (Å²) in [6, 6.07) is 22.8. The van der Waals surface area contributed by atoms with E-state index in [1.165, 1.54) is 0 Å². The molecule has 32 nitrogen and oxygen atoms in total. The molecular formula is C104H120N16O16. The third-order valence-corrected chi connectivity index (χ3v) is 26.6. The molecule has 0 spiro atoms. The minimum absolute atomic E-state index is 0.0315. The van der Waals surface area contributed by atoms with E-state index in [9.17, 15) is 19.2 Å². The van der Waals surface area contributed by atoms with Crippen LogP contribution in [0.1, 0.15) is 290 Å². The van der Waals surface area contributed by atoms with Gasteiger partial charge >= 0.3 is 23.9 Å². The lowest BCUT2D eigenvalue weighted by Crippen LogP contribution is -2.38. The molecule has 4 fully saturated rings. The molecule has 4 aliphatic heterocycles. The molecular weight excluding hydrogens is 1730 g/mol. The van der Waals surface area contributed by atoms with E-state index >= 15 is 0 Å². The summed E-state index contributed by atoms with van der Waals surface area (Å²) in [5, 5.41) is 7.13. The number of cyclic esters (lactones) is 4. The maximum atomic E-state index is 12.2. The van der Waals surface area contributed by atoms with E-state index in [1.807, 2.05) is 156 Å². The number of hydrogen-bond acceptors (Lipinski definition) is 32. The number of methoxy groups -OCH3 is 4. The van der Waals surface area contributed by atoms with Gasteiger partial charge in [0.1, 0.15) is 48.8 Å². The zero-order chi connectivity index (χ0) is 96.1. The van der Waals surface area contributed by atoms with Crippen molar-refractivity contribution >= 4 is 67.0 Å². The van der Waals surface area contributed by atoms with Crippen LogP contribution in [-0.4, -0.2) is 187 Å². The number of carbonyl (C=O) groups is 4. The Morgan fingerprint density at radius 2 is 0.485 bits per heavy atom. The van der Waals surface area contributed by atoms with E-state index in [2.05, 4.69) is 19.9 Å². The van der Waals surface area contributed by atoms with Crippen LogP contribution in [0.4, 0.5) is 0 Å². The van der Waals surface area contributed by atoms with Crippen molar-refractivity contribution in [2.75, 3.05) is 54.9 Å². The molecule has 0 amide bonds. The fraction of sp³-hybridized carbons (Fsp3) is 0.462. The lowest BCUT2D eigenvalue weighted by Gasteiger charge is -2.27. The highest BCUT2D eigenvalue weighted by Gasteiger charge is 2.40. The van der Waals surface area contributed by atoms with Crippen molar-refractivity contribution in [2.24, 2.45) is 22.9 Å². The molecule has 12 aromatic rings. The van der Waals surface area contributed by atoms with Gasteiger partial charge in [0.2, 0.25) is 23.5 Å². The minimum atomic E-state index is -0.729. The lowest BCUT2D eigenvalue weighted by molar-refractivity contribution is 0.0225. The molecule has 8 N–H and O–H groups in total. The normalized spacial score (nSPS) is 21.6. The standard InChI is InChI=1S/4C26H30N4O4/c4*1-14-15(2)33-25(31)19-8-5-16(30-23(14)19)9-17-10-20-21(11-28-17)24(34-18-6-7-18)29-12-22(20)26(3,27)13-32-4/h4*5,8,10-12,14-15,18H,6-7,9,13,27H2,1-4H3/t2*14-,15+,26+;2*14-,15+,26-/m1010/s1. The first kappa shape index (κ1) is 95.3. The quantitative estimate of drug-likeness (QED) is 0.0261. The molecule has 4 saturated carbocycles. The number of hydrogen-bond donors (Lipinski definition) is 4. The predicted molar refractivity (Wildman–Crippen MR) is 508 cm³/mol. The monoisotopic (exact) mass is 1850 g/mol. The number of pyridine rings is 12. The Hall–Kier alpha value is -12.4. The van der Waals surface area contributed by atoms with Crippen molar-refractivity contribution in [3.63, 3.8) is 0 Å². The fourth-order valence-corrected chi connectivity index (χ4v) is 17.6. The van der Waals surface area contributed by atoms with E-state index in [4.69, 9.17) is 120 Å². The highest BCUT2D eigenvalue weighted by molar-refractivity contribution is 5.96. The summed E-state index contributed by atoms with van der Waals surface area (Å²) in [6.45, 7) is 24.8. The summed E-state index contributed by atoms with van der Waals surface area (Å²) < 4.78 is 67.3. The summed E-state index contributed by atoms with van der Waals surface area (Å²) in [5.74, 6) is 1.20. The molecule has 8 aliphatic rings. The first-order valence-electron chi connectivity index (χ1n) is 46.8. The van der Waals surface area contributed by atoms with Crippen molar-refractivity contribution < 1.29 is 76.0 Å². The second-order valence-electron chi connectivity index (χ2n) is 38.7. The van der Waals surface area contributed by atoms with Gasteiger partial charge in [0, 0.05) is 195 Å². The smallest absolute Gasteiger partial charge is 0.340 e. The first-order chi connectivity index (χ1) is 65.1. The molecule has 20 rings (SSSR count). The predicted octanol–water partition coefficient (Wildman–Crippen LogP) is 14.6. The van der Waals surface area contributed by atoms with E-state index < -0.39 is 22.2 Å². The summed E-state index contributed by atoms with van der Waals surface area (Å²) in [5.41, 5.74) is 39.1. The Morgan fingerprint density at radius 1 is 0.287 bits per heavy atom. The van der Waals surface area contributed by atoms with Gasteiger partial charge in [-0.3, -0.25) is 39.9 Å². The van der Waals surface area contributed by atoms with Crippen molar-refractivity contribution in [1.82, 2.24) is 59.8 Å². The third kappa shape index (κ3) is 20.8. The number of nitrogens with two attached hydrogens (primary N) is 4. The molecule has 0 saturated heterocycles. The van der Waals surface area contributed by atoms with Crippen LogP contribution in [0.5, 0.6) is 23.5 Å². The summed E-state index contributed by atoms with van der Waals surface area (Å²) >= 11 is 0. The van der Waals surface area contributed by atoms with Crippen LogP contribution in [0, 0.1) is 0 Å². The van der Waals surface area contributed by atoms with Gasteiger partial charge in [0.05, 0.1) is 115 Å². The SMILES string of the molecule is COC[C@@](C)(N)c1cnc(OC2CC2)c2cnc(Cc3ccc4c(n3)[C@@H](C)[C@@H](C)OC4=O)cc12.COC[C@@](C)(N)c1cnc(OC2CC2)c2cnc(Cc3ccc4c(n3)[C@H](C)[C@H](C)OC4=O)cc12.COC[C@](C)(N)c1cnc(OC2CC2)c2cnc(Cc3ccc4c(n3)[C@@H](C)[C@@H](C)OC4=O)cc12.COC[C@](C)(N)c1cnc(OC2CC2)c2cnc(Cc3ccc4c(n3)[C@H](C)[C@H](C)OC4=O)cc12. The van der Waals surface area contributed by atoms with Gasteiger partial charge in [-0.2, -0.15) is 0 Å². The molecule has 0 radical (unpaired) electrons. The summed E-state index contributed by atoms with van der Waals surface area (Å²) in [7, 11) is 6.55. The molecule has 16 heterocycles. The van der Waals surface area contributed by atoms with Crippen LogP contribution in [0.3, 0.4) is 0 Å². The molecule has 0 bridgehead atoms. The highest BCUT2D eigenvalue weighted by Crippen LogP contribution is 2.44. The van der Waals surface area contributed by atoms with Crippen LogP contribution in [0.25, 0.3) is 43.1 Å². The van der Waals surface area contributed by atoms with Crippen LogP contribution in [-0.2, 0) is 85.7 Å². The van der Waals surface area contributed by atoms with Crippen molar-refractivity contribution in [3.8, 4) is 23.5 Å². The molecule has 4 aliphatic carbocycles. The van der Waals surface area contributed by atoms with Crippen LogP contribution >= 0.6 is 0 Å². The number of aromatic nitrogens is 12. The second kappa shape index (κ2) is 39.0. The van der Waals surface area contributed by atoms with Gasteiger partial charge < -0.3 is 79.8 Å². The molecule has 0 unspecified atom stereocenters. The average Bonchev–Trinajstić information content (AvgIpc) is 1.08. The zero-order valence-electron chi connectivity index (χ0n) is 80.0. The Balaban J connectivity index is 0.000000126. The Labute approximate surface area is 790 Å². The van der Waals surface area contributed by atoms with E-state index in [1.54, 1.807) is 77.5 Å². The molecule has 32 heteroatoms. The second-order valence-corrected chi connectivity index (χ2v) is 38.7. The molecule has 12 aromatic heterocycles. The van der Waals surface area contributed by atoms with Crippen LogP contribution in [0.2, 0.25) is 0 Å². The van der Waals surface area contributed by atoms with Crippen molar-refractivity contribution in [2.45, 2.75) is 255 Å². The molecule has 136 heavy (non-hydrogen) atoms. The van der Waals surface area contributed by atoms with Crippen LogP contribution < -0.4 is 41.9 Å².